The first-order valence-electron chi connectivity index (χ1n) is 5.65. The molecular formula is C10H16N2O4S. The third-order valence-corrected chi connectivity index (χ3v) is 4.87. The number of sulfone groups is 1. The molecule has 1 unspecified atom stereocenters. The van der Waals surface area contributed by atoms with Crippen LogP contribution in [0, 0.1) is 0 Å². The maximum atomic E-state index is 12.1. The molecule has 2 heterocycles. The molecule has 0 aromatic carbocycles. The molecule has 0 bridgehead atoms. The van der Waals surface area contributed by atoms with Crippen molar-refractivity contribution in [2.24, 2.45) is 0 Å². The molecule has 17 heavy (non-hydrogen) atoms. The SMILES string of the molecule is CC(C)N1C(=O)CC2CS(=O)(=O)CCN2C1=O. The molecule has 2 aliphatic heterocycles. The summed E-state index contributed by atoms with van der Waals surface area (Å²) >= 11 is 0. The summed E-state index contributed by atoms with van der Waals surface area (Å²) in [6.45, 7) is 3.75. The van der Waals surface area contributed by atoms with Gasteiger partial charge in [-0.2, -0.15) is 0 Å². The first-order valence-corrected chi connectivity index (χ1v) is 7.47. The summed E-state index contributed by atoms with van der Waals surface area (Å²) in [4.78, 5) is 26.6. The van der Waals surface area contributed by atoms with Gasteiger partial charge in [-0.3, -0.25) is 9.69 Å². The highest BCUT2D eigenvalue weighted by Gasteiger charge is 2.44. The number of rotatable bonds is 1. The molecule has 6 nitrogen and oxygen atoms in total. The van der Waals surface area contributed by atoms with Crippen molar-refractivity contribution in [2.45, 2.75) is 32.4 Å². The van der Waals surface area contributed by atoms with Gasteiger partial charge in [0.25, 0.3) is 0 Å². The Bertz CT molecular complexity index is 457. The molecule has 2 aliphatic rings. The maximum Gasteiger partial charge on any atom is 0.327 e. The van der Waals surface area contributed by atoms with Crippen LogP contribution in [0.3, 0.4) is 0 Å². The summed E-state index contributed by atoms with van der Waals surface area (Å²) in [5.74, 6) is -0.366. The van der Waals surface area contributed by atoms with Crippen LogP contribution in [-0.2, 0) is 14.6 Å². The smallest absolute Gasteiger partial charge is 0.319 e. The molecule has 2 rings (SSSR count). The standard InChI is InChI=1S/C10H16N2O4S/c1-7(2)12-9(13)5-8-6-17(15,16)4-3-11(8)10(12)14/h7-8H,3-6H2,1-2H3. The van der Waals surface area contributed by atoms with Gasteiger partial charge in [-0.15, -0.1) is 0 Å². The van der Waals surface area contributed by atoms with Gasteiger partial charge < -0.3 is 4.90 Å². The van der Waals surface area contributed by atoms with Crippen molar-refractivity contribution >= 4 is 21.8 Å². The Morgan fingerprint density at radius 2 is 1.94 bits per heavy atom. The number of nitrogens with zero attached hydrogens (tertiary/aromatic N) is 2. The van der Waals surface area contributed by atoms with Crippen LogP contribution in [0.5, 0.6) is 0 Å². The van der Waals surface area contributed by atoms with E-state index in [0.717, 1.165) is 0 Å². The van der Waals surface area contributed by atoms with E-state index in [4.69, 9.17) is 0 Å². The molecule has 0 radical (unpaired) electrons. The highest BCUT2D eigenvalue weighted by Crippen LogP contribution is 2.24. The van der Waals surface area contributed by atoms with E-state index in [9.17, 15) is 18.0 Å². The van der Waals surface area contributed by atoms with Gasteiger partial charge in [0, 0.05) is 19.0 Å². The topological polar surface area (TPSA) is 74.8 Å². The van der Waals surface area contributed by atoms with E-state index in [1.807, 2.05) is 0 Å². The number of hydrogen-bond acceptors (Lipinski definition) is 4. The Labute approximate surface area is 100 Å². The molecule has 0 N–H and O–H groups in total. The van der Waals surface area contributed by atoms with Crippen molar-refractivity contribution in [1.82, 2.24) is 9.80 Å². The Balaban J connectivity index is 2.25. The maximum absolute atomic E-state index is 12.1. The number of amides is 3. The molecule has 3 amide bonds. The number of imide groups is 1. The normalized spacial score (nSPS) is 28.5. The monoisotopic (exact) mass is 260 g/mol. The number of fused-ring (bicyclic) bond motifs is 1. The van der Waals surface area contributed by atoms with Gasteiger partial charge in [-0.05, 0) is 13.8 Å². The molecule has 96 valence electrons. The van der Waals surface area contributed by atoms with E-state index >= 15 is 0 Å². The lowest BCUT2D eigenvalue weighted by Crippen LogP contribution is -2.63. The van der Waals surface area contributed by atoms with Crippen molar-refractivity contribution in [2.75, 3.05) is 18.1 Å². The Morgan fingerprint density at radius 3 is 2.53 bits per heavy atom. The molecular weight excluding hydrogens is 244 g/mol. The molecule has 0 aromatic rings. The summed E-state index contributed by atoms with van der Waals surface area (Å²) in [6.07, 6.45) is 0.114. The summed E-state index contributed by atoms with van der Waals surface area (Å²) in [6, 6.07) is -1.01. The number of hydrogen-bond donors (Lipinski definition) is 0. The largest absolute Gasteiger partial charge is 0.327 e. The minimum atomic E-state index is -3.10. The van der Waals surface area contributed by atoms with E-state index in [1.165, 1.54) is 9.80 Å². The number of urea groups is 1. The van der Waals surface area contributed by atoms with E-state index in [0.29, 0.717) is 0 Å². The van der Waals surface area contributed by atoms with Gasteiger partial charge in [-0.25, -0.2) is 13.2 Å². The van der Waals surface area contributed by atoms with E-state index in [-0.39, 0.29) is 42.5 Å². The third-order valence-electron chi connectivity index (χ3n) is 3.18. The Hall–Kier alpha value is -1.11. The zero-order valence-corrected chi connectivity index (χ0v) is 10.7. The average Bonchev–Trinajstić information content (AvgIpc) is 2.14. The molecule has 2 saturated heterocycles. The van der Waals surface area contributed by atoms with Crippen molar-refractivity contribution in [1.29, 1.82) is 0 Å². The van der Waals surface area contributed by atoms with E-state index < -0.39 is 15.9 Å². The predicted octanol–water partition coefficient (Wildman–Crippen LogP) is -0.154. The minimum Gasteiger partial charge on any atom is -0.319 e. The zero-order valence-electron chi connectivity index (χ0n) is 9.92. The quantitative estimate of drug-likeness (QED) is 0.657. The third kappa shape index (κ3) is 2.15. The van der Waals surface area contributed by atoms with Crippen LogP contribution in [0.4, 0.5) is 4.79 Å². The average molecular weight is 260 g/mol. The summed E-state index contributed by atoms with van der Waals surface area (Å²) < 4.78 is 22.9. The van der Waals surface area contributed by atoms with Gasteiger partial charge in [-0.1, -0.05) is 0 Å². The van der Waals surface area contributed by atoms with Crippen molar-refractivity contribution < 1.29 is 18.0 Å². The lowest BCUT2D eigenvalue weighted by atomic mass is 10.1. The van der Waals surface area contributed by atoms with Crippen LogP contribution < -0.4 is 0 Å². The fourth-order valence-electron chi connectivity index (χ4n) is 2.36. The van der Waals surface area contributed by atoms with Crippen LogP contribution in [0.1, 0.15) is 20.3 Å². The Morgan fingerprint density at radius 1 is 1.29 bits per heavy atom. The van der Waals surface area contributed by atoms with Gasteiger partial charge in [0.15, 0.2) is 9.84 Å². The van der Waals surface area contributed by atoms with Crippen LogP contribution in [0.15, 0.2) is 0 Å². The second kappa shape index (κ2) is 3.97. The van der Waals surface area contributed by atoms with Crippen molar-refractivity contribution in [3.05, 3.63) is 0 Å². The van der Waals surface area contributed by atoms with E-state index in [2.05, 4.69) is 0 Å². The molecule has 1 atom stereocenters. The van der Waals surface area contributed by atoms with Gasteiger partial charge >= 0.3 is 6.03 Å². The first-order chi connectivity index (χ1) is 7.82. The summed E-state index contributed by atoms with van der Waals surface area (Å²) in [5.41, 5.74) is 0. The van der Waals surface area contributed by atoms with Crippen LogP contribution in [0.2, 0.25) is 0 Å². The van der Waals surface area contributed by atoms with E-state index in [1.54, 1.807) is 13.8 Å². The second-order valence-electron chi connectivity index (χ2n) is 4.81. The lowest BCUT2D eigenvalue weighted by Gasteiger charge is -2.43. The van der Waals surface area contributed by atoms with Gasteiger partial charge in [0.1, 0.15) is 0 Å². The molecule has 0 aromatic heterocycles. The fraction of sp³-hybridized carbons (Fsp3) is 0.800. The van der Waals surface area contributed by atoms with Crippen LogP contribution >= 0.6 is 0 Å². The molecule has 0 saturated carbocycles. The number of carbonyl (C=O) groups is 2. The highest BCUT2D eigenvalue weighted by molar-refractivity contribution is 7.91. The molecule has 7 heteroatoms. The second-order valence-corrected chi connectivity index (χ2v) is 7.03. The number of carbonyl (C=O) groups excluding carboxylic acids is 2. The molecule has 2 fully saturated rings. The molecule has 0 aliphatic carbocycles. The first kappa shape index (κ1) is 12.3. The summed E-state index contributed by atoms with van der Waals surface area (Å²) in [5, 5.41) is 0. The fourth-order valence-corrected chi connectivity index (χ4v) is 3.89. The highest BCUT2D eigenvalue weighted by atomic mass is 32.2. The van der Waals surface area contributed by atoms with Crippen molar-refractivity contribution in [3.8, 4) is 0 Å². The molecule has 0 spiro atoms. The Kier molecular flexibility index (Phi) is 2.89. The van der Waals surface area contributed by atoms with Crippen LogP contribution in [-0.4, -0.2) is 60.3 Å². The van der Waals surface area contributed by atoms with Crippen molar-refractivity contribution in [3.63, 3.8) is 0 Å². The van der Waals surface area contributed by atoms with Crippen LogP contribution in [0.25, 0.3) is 0 Å². The summed E-state index contributed by atoms with van der Waals surface area (Å²) in [7, 11) is -3.10. The predicted molar refractivity (Wildman–Crippen MR) is 61.1 cm³/mol. The lowest BCUT2D eigenvalue weighted by molar-refractivity contribution is -0.133. The van der Waals surface area contributed by atoms with Gasteiger partial charge in [0.2, 0.25) is 5.91 Å². The minimum absolute atomic E-state index is 0.00460. The van der Waals surface area contributed by atoms with Gasteiger partial charge in [0.05, 0.1) is 17.5 Å². The zero-order chi connectivity index (χ0) is 12.8.